The number of hydrogen-bond acceptors (Lipinski definition) is 5. The minimum absolute atomic E-state index is 0.00422. The molecule has 1 aromatic carbocycles. The number of ether oxygens (including phenoxy) is 2. The molecule has 0 aromatic heterocycles. The van der Waals surface area contributed by atoms with Gasteiger partial charge < -0.3 is 19.7 Å². The van der Waals surface area contributed by atoms with Crippen LogP contribution in [-0.2, 0) is 19.9 Å². The first-order valence-electron chi connectivity index (χ1n) is 7.19. The van der Waals surface area contributed by atoms with Crippen LogP contribution in [-0.4, -0.2) is 29.3 Å². The average molecular weight is 310 g/mol. The van der Waals surface area contributed by atoms with Gasteiger partial charge in [-0.1, -0.05) is 19.9 Å². The van der Waals surface area contributed by atoms with Crippen LogP contribution >= 0.6 is 0 Å². The first kappa shape index (κ1) is 17.8. The molecule has 0 unspecified atom stereocenters. The highest BCUT2D eigenvalue weighted by Crippen LogP contribution is 2.38. The fourth-order valence-electron chi connectivity index (χ4n) is 2.30. The summed E-state index contributed by atoms with van der Waals surface area (Å²) in [5.74, 6) is -1.30. The molecule has 6 nitrogen and oxygen atoms in total. The van der Waals surface area contributed by atoms with Gasteiger partial charge in [-0.05, 0) is 30.5 Å². The van der Waals surface area contributed by atoms with Crippen molar-refractivity contribution >= 4 is 11.9 Å². The molecule has 0 saturated heterocycles. The third kappa shape index (κ3) is 4.13. The zero-order valence-corrected chi connectivity index (χ0v) is 13.1. The second kappa shape index (κ2) is 7.68. The fraction of sp³-hybridized carbons (Fsp3) is 0.500. The maximum Gasteiger partial charge on any atom is 0.307 e. The lowest BCUT2D eigenvalue weighted by molar-refractivity contribution is -0.164. The van der Waals surface area contributed by atoms with Gasteiger partial charge in [0.15, 0.2) is 11.5 Å². The number of carbonyl (C=O) groups excluding carboxylic acids is 1. The lowest BCUT2D eigenvalue weighted by Crippen LogP contribution is -2.31. The van der Waals surface area contributed by atoms with Crippen LogP contribution in [0.25, 0.3) is 0 Å². The Hall–Kier alpha value is -2.24. The summed E-state index contributed by atoms with van der Waals surface area (Å²) >= 11 is 0. The van der Waals surface area contributed by atoms with Crippen molar-refractivity contribution in [2.75, 3.05) is 7.11 Å². The molecule has 2 N–H and O–H groups in total. The lowest BCUT2D eigenvalue weighted by Gasteiger charge is -2.32. The second-order valence-corrected chi connectivity index (χ2v) is 4.96. The first-order chi connectivity index (χ1) is 10.4. The summed E-state index contributed by atoms with van der Waals surface area (Å²) < 4.78 is 10.7. The zero-order valence-electron chi connectivity index (χ0n) is 13.1. The van der Waals surface area contributed by atoms with E-state index >= 15 is 0 Å². The van der Waals surface area contributed by atoms with E-state index in [-0.39, 0.29) is 18.6 Å². The van der Waals surface area contributed by atoms with Crippen molar-refractivity contribution in [3.8, 4) is 11.5 Å². The Balaban J connectivity index is 3.04. The minimum Gasteiger partial charge on any atom is -0.504 e. The highest BCUT2D eigenvalue weighted by atomic mass is 16.6. The van der Waals surface area contributed by atoms with Crippen molar-refractivity contribution in [3.05, 3.63) is 23.8 Å². The number of carbonyl (C=O) groups is 2. The van der Waals surface area contributed by atoms with Gasteiger partial charge in [-0.25, -0.2) is 0 Å². The highest BCUT2D eigenvalue weighted by molar-refractivity contribution is 5.77. The maximum atomic E-state index is 11.9. The summed E-state index contributed by atoms with van der Waals surface area (Å²) in [6, 6.07) is 4.79. The number of rotatable bonds is 8. The van der Waals surface area contributed by atoms with E-state index in [1.165, 1.54) is 13.2 Å². The van der Waals surface area contributed by atoms with Gasteiger partial charge >= 0.3 is 11.9 Å². The number of esters is 1. The Morgan fingerprint density at radius 3 is 2.32 bits per heavy atom. The molecule has 0 radical (unpaired) electrons. The van der Waals surface area contributed by atoms with Crippen LogP contribution in [0.4, 0.5) is 0 Å². The summed E-state index contributed by atoms with van der Waals surface area (Å²) in [4.78, 5) is 22.5. The van der Waals surface area contributed by atoms with Crippen molar-refractivity contribution in [2.24, 2.45) is 0 Å². The monoisotopic (exact) mass is 310 g/mol. The number of aromatic hydroxyl groups is 1. The van der Waals surface area contributed by atoms with Crippen LogP contribution in [0.5, 0.6) is 11.5 Å². The molecule has 0 bridgehead atoms. The summed E-state index contributed by atoms with van der Waals surface area (Å²) in [6.07, 6.45) is 0.611. The molecule has 0 atom stereocenters. The van der Waals surface area contributed by atoms with Crippen molar-refractivity contribution in [2.45, 2.75) is 45.1 Å². The van der Waals surface area contributed by atoms with Crippen LogP contribution in [0.2, 0.25) is 0 Å². The van der Waals surface area contributed by atoms with Gasteiger partial charge in [-0.2, -0.15) is 0 Å². The van der Waals surface area contributed by atoms with E-state index in [1.807, 2.05) is 13.8 Å². The summed E-state index contributed by atoms with van der Waals surface area (Å²) in [5, 5.41) is 18.3. The van der Waals surface area contributed by atoms with Crippen LogP contribution in [0.1, 0.15) is 45.1 Å². The van der Waals surface area contributed by atoms with Gasteiger partial charge in [0.25, 0.3) is 0 Å². The van der Waals surface area contributed by atoms with Crippen LogP contribution in [0, 0.1) is 0 Å². The van der Waals surface area contributed by atoms with Crippen molar-refractivity contribution in [1.29, 1.82) is 0 Å². The van der Waals surface area contributed by atoms with Gasteiger partial charge in [-0.15, -0.1) is 0 Å². The molecule has 0 saturated carbocycles. The molecule has 0 fully saturated rings. The largest absolute Gasteiger partial charge is 0.504 e. The predicted molar refractivity (Wildman–Crippen MR) is 79.9 cm³/mol. The van der Waals surface area contributed by atoms with Gasteiger partial charge in [-0.3, -0.25) is 9.59 Å². The summed E-state index contributed by atoms with van der Waals surface area (Å²) in [5.41, 5.74) is -0.160. The molecule has 0 spiro atoms. The Bertz CT molecular complexity index is 533. The number of phenolic OH excluding ortho intramolecular Hbond substituents is 1. The number of methoxy groups -OCH3 is 1. The van der Waals surface area contributed by atoms with E-state index in [4.69, 9.17) is 14.6 Å². The minimum atomic E-state index is -1.04. The SMILES string of the molecule is CCC(CC)(OC(=O)CCC(=O)O)c1ccc(O)c(OC)c1. The molecule has 1 aromatic rings. The predicted octanol–water partition coefficient (Wildman–Crippen LogP) is 2.82. The topological polar surface area (TPSA) is 93.1 Å². The van der Waals surface area contributed by atoms with Crippen molar-refractivity contribution in [3.63, 3.8) is 0 Å². The number of carboxylic acids is 1. The van der Waals surface area contributed by atoms with Gasteiger partial charge in [0.2, 0.25) is 0 Å². The Kier molecular flexibility index (Phi) is 6.22. The lowest BCUT2D eigenvalue weighted by atomic mass is 9.88. The number of benzene rings is 1. The molecule has 22 heavy (non-hydrogen) atoms. The van der Waals surface area contributed by atoms with Crippen LogP contribution in [0.3, 0.4) is 0 Å². The molecular formula is C16H22O6. The van der Waals surface area contributed by atoms with Crippen molar-refractivity contribution in [1.82, 2.24) is 0 Å². The molecule has 0 aliphatic carbocycles. The average Bonchev–Trinajstić information content (AvgIpc) is 2.51. The molecule has 0 aliphatic rings. The first-order valence-corrected chi connectivity index (χ1v) is 7.19. The smallest absolute Gasteiger partial charge is 0.307 e. The molecular weight excluding hydrogens is 288 g/mol. The Morgan fingerprint density at radius 2 is 1.82 bits per heavy atom. The van der Waals surface area contributed by atoms with E-state index < -0.39 is 17.5 Å². The second-order valence-electron chi connectivity index (χ2n) is 4.96. The Labute approximate surface area is 129 Å². The number of hydrogen-bond donors (Lipinski definition) is 2. The van der Waals surface area contributed by atoms with E-state index in [1.54, 1.807) is 12.1 Å². The van der Waals surface area contributed by atoms with Crippen LogP contribution in [0.15, 0.2) is 18.2 Å². The molecule has 1 rings (SSSR count). The molecule has 0 amide bonds. The number of phenols is 1. The van der Waals surface area contributed by atoms with Gasteiger partial charge in [0.05, 0.1) is 20.0 Å². The molecule has 6 heteroatoms. The molecule has 122 valence electrons. The summed E-state index contributed by atoms with van der Waals surface area (Å²) in [6.45, 7) is 3.76. The van der Waals surface area contributed by atoms with E-state index in [0.29, 0.717) is 24.2 Å². The molecule has 0 aliphatic heterocycles. The maximum absolute atomic E-state index is 11.9. The number of aliphatic carboxylic acids is 1. The van der Waals surface area contributed by atoms with Crippen molar-refractivity contribution < 1.29 is 29.3 Å². The van der Waals surface area contributed by atoms with E-state index in [2.05, 4.69) is 0 Å². The normalized spacial score (nSPS) is 11.0. The van der Waals surface area contributed by atoms with Gasteiger partial charge in [0.1, 0.15) is 5.60 Å². The molecule has 0 heterocycles. The fourth-order valence-corrected chi connectivity index (χ4v) is 2.30. The third-order valence-corrected chi connectivity index (χ3v) is 3.70. The highest BCUT2D eigenvalue weighted by Gasteiger charge is 2.33. The van der Waals surface area contributed by atoms with E-state index in [9.17, 15) is 14.7 Å². The Morgan fingerprint density at radius 1 is 1.18 bits per heavy atom. The van der Waals surface area contributed by atoms with Gasteiger partial charge in [0, 0.05) is 0 Å². The summed E-state index contributed by atoms with van der Waals surface area (Å²) in [7, 11) is 1.44. The third-order valence-electron chi connectivity index (χ3n) is 3.70. The standard InChI is InChI=1S/C16H22O6/c1-4-16(5-2,22-15(20)9-8-14(18)19)11-6-7-12(17)13(10-11)21-3/h6-7,10,17H,4-5,8-9H2,1-3H3,(H,18,19). The quantitative estimate of drug-likeness (QED) is 0.717. The zero-order chi connectivity index (χ0) is 16.8. The van der Waals surface area contributed by atoms with E-state index in [0.717, 1.165) is 0 Å². The van der Waals surface area contributed by atoms with Crippen LogP contribution < -0.4 is 4.74 Å². The number of carboxylic acid groups (broad SMARTS) is 1.